The van der Waals surface area contributed by atoms with E-state index < -0.39 is 0 Å². The van der Waals surface area contributed by atoms with Crippen molar-refractivity contribution in [2.75, 3.05) is 46.4 Å². The fourth-order valence-electron chi connectivity index (χ4n) is 5.21. The van der Waals surface area contributed by atoms with E-state index in [1.54, 1.807) is 0 Å². The van der Waals surface area contributed by atoms with Gasteiger partial charge in [-0.3, -0.25) is 9.59 Å². The van der Waals surface area contributed by atoms with E-state index >= 15 is 0 Å². The van der Waals surface area contributed by atoms with Gasteiger partial charge in [-0.15, -0.1) is 0 Å². The number of ether oxygens (including phenoxy) is 1. The fourth-order valence-corrected chi connectivity index (χ4v) is 5.21. The minimum atomic E-state index is -0.369. The van der Waals surface area contributed by atoms with Crippen LogP contribution >= 0.6 is 0 Å². The predicted molar refractivity (Wildman–Crippen MR) is 107 cm³/mol. The number of carbonyl (C=O) groups is 2. The molecular weight excluding hydrogens is 373 g/mol. The van der Waals surface area contributed by atoms with Crippen LogP contribution in [0, 0.1) is 11.2 Å². The second-order valence-electron chi connectivity index (χ2n) is 8.59. The minimum Gasteiger partial charge on any atom is -0.484 e. The summed E-state index contributed by atoms with van der Waals surface area (Å²) in [6, 6.07) is 5.72. The molecule has 0 aliphatic carbocycles. The highest BCUT2D eigenvalue weighted by Crippen LogP contribution is 2.44. The SMILES string of the molecule is CN1CCC[C@@]2(C(=O)N3CCCC3)CCN(C(=O)COc3ccc(F)cc3)C[C@H]12. The molecule has 4 rings (SSSR count). The lowest BCUT2D eigenvalue weighted by molar-refractivity contribution is -0.158. The molecule has 0 bridgehead atoms. The van der Waals surface area contributed by atoms with E-state index in [-0.39, 0.29) is 29.8 Å². The molecule has 29 heavy (non-hydrogen) atoms. The summed E-state index contributed by atoms with van der Waals surface area (Å²) in [5.74, 6) is 0.348. The van der Waals surface area contributed by atoms with Gasteiger partial charge in [-0.05, 0) is 70.0 Å². The Bertz CT molecular complexity index is 750. The van der Waals surface area contributed by atoms with E-state index in [0.717, 1.165) is 45.3 Å². The van der Waals surface area contributed by atoms with Gasteiger partial charge in [-0.25, -0.2) is 4.39 Å². The molecule has 3 aliphatic rings. The second-order valence-corrected chi connectivity index (χ2v) is 8.59. The molecule has 0 saturated carbocycles. The Morgan fingerprint density at radius 1 is 1.03 bits per heavy atom. The number of hydrogen-bond donors (Lipinski definition) is 0. The Kier molecular flexibility index (Phi) is 5.76. The van der Waals surface area contributed by atoms with E-state index in [9.17, 15) is 14.0 Å². The molecule has 1 aromatic rings. The van der Waals surface area contributed by atoms with Crippen molar-refractivity contribution in [2.24, 2.45) is 5.41 Å². The summed E-state index contributed by atoms with van der Waals surface area (Å²) in [6.45, 7) is 3.75. The zero-order valence-electron chi connectivity index (χ0n) is 17.1. The lowest BCUT2D eigenvalue weighted by atomic mass is 9.67. The maximum atomic E-state index is 13.5. The minimum absolute atomic E-state index is 0.0490. The number of likely N-dealkylation sites (N-methyl/N-ethyl adjacent to an activating group) is 1. The van der Waals surface area contributed by atoms with Gasteiger partial charge in [-0.2, -0.15) is 0 Å². The van der Waals surface area contributed by atoms with Crippen molar-refractivity contribution >= 4 is 11.8 Å². The first kappa shape index (κ1) is 20.1. The fraction of sp³-hybridized carbons (Fsp3) is 0.636. The van der Waals surface area contributed by atoms with Crippen LogP contribution in [-0.4, -0.2) is 78.9 Å². The van der Waals surface area contributed by atoms with Crippen LogP contribution in [0.3, 0.4) is 0 Å². The molecule has 0 radical (unpaired) electrons. The highest BCUT2D eigenvalue weighted by atomic mass is 19.1. The van der Waals surface area contributed by atoms with Gasteiger partial charge >= 0.3 is 0 Å². The van der Waals surface area contributed by atoms with Crippen molar-refractivity contribution in [2.45, 2.75) is 38.1 Å². The Labute approximate surface area is 171 Å². The van der Waals surface area contributed by atoms with Crippen LogP contribution in [0.15, 0.2) is 24.3 Å². The summed E-state index contributed by atoms with van der Waals surface area (Å²) in [4.78, 5) is 32.3. The van der Waals surface area contributed by atoms with E-state index in [1.807, 2.05) is 9.80 Å². The predicted octanol–water partition coefficient (Wildman–Crippen LogP) is 2.14. The Morgan fingerprint density at radius 3 is 2.48 bits per heavy atom. The van der Waals surface area contributed by atoms with Crippen LogP contribution in [0.4, 0.5) is 4.39 Å². The summed E-state index contributed by atoms with van der Waals surface area (Å²) in [6.07, 6.45) is 4.82. The largest absolute Gasteiger partial charge is 0.484 e. The van der Waals surface area contributed by atoms with Crippen molar-refractivity contribution in [1.82, 2.24) is 14.7 Å². The molecule has 158 valence electrons. The third kappa shape index (κ3) is 3.97. The summed E-state index contributed by atoms with van der Waals surface area (Å²) < 4.78 is 18.6. The molecule has 0 unspecified atom stereocenters. The topological polar surface area (TPSA) is 53.1 Å². The summed E-state index contributed by atoms with van der Waals surface area (Å²) in [7, 11) is 2.07. The first-order valence-electron chi connectivity index (χ1n) is 10.7. The van der Waals surface area contributed by atoms with Crippen LogP contribution in [0.25, 0.3) is 0 Å². The molecule has 0 spiro atoms. The van der Waals surface area contributed by atoms with Crippen LogP contribution < -0.4 is 4.74 Å². The van der Waals surface area contributed by atoms with E-state index in [4.69, 9.17) is 4.74 Å². The molecule has 3 aliphatic heterocycles. The monoisotopic (exact) mass is 403 g/mol. The van der Waals surface area contributed by atoms with Crippen molar-refractivity contribution in [3.05, 3.63) is 30.1 Å². The number of likely N-dealkylation sites (tertiary alicyclic amines) is 3. The van der Waals surface area contributed by atoms with Crippen LogP contribution in [0.2, 0.25) is 0 Å². The van der Waals surface area contributed by atoms with Gasteiger partial charge in [-0.1, -0.05) is 0 Å². The van der Waals surface area contributed by atoms with E-state index in [0.29, 0.717) is 31.2 Å². The number of fused-ring (bicyclic) bond motifs is 1. The zero-order chi connectivity index (χ0) is 20.4. The number of amides is 2. The van der Waals surface area contributed by atoms with Gasteiger partial charge in [0, 0.05) is 32.2 Å². The molecule has 2 atom stereocenters. The van der Waals surface area contributed by atoms with Crippen LogP contribution in [0.1, 0.15) is 32.1 Å². The summed E-state index contributed by atoms with van der Waals surface area (Å²) in [5, 5.41) is 0. The number of nitrogens with zero attached hydrogens (tertiary/aromatic N) is 3. The highest BCUT2D eigenvalue weighted by Gasteiger charge is 2.53. The average molecular weight is 403 g/mol. The maximum Gasteiger partial charge on any atom is 0.260 e. The Morgan fingerprint density at radius 2 is 1.76 bits per heavy atom. The molecule has 0 N–H and O–H groups in total. The number of rotatable bonds is 4. The number of halogens is 1. The first-order chi connectivity index (χ1) is 14.0. The van der Waals surface area contributed by atoms with Crippen LogP contribution in [0.5, 0.6) is 5.75 Å². The highest BCUT2D eigenvalue weighted by molar-refractivity contribution is 5.85. The lowest BCUT2D eigenvalue weighted by Gasteiger charge is -2.54. The van der Waals surface area contributed by atoms with Gasteiger partial charge < -0.3 is 19.4 Å². The zero-order valence-corrected chi connectivity index (χ0v) is 17.1. The van der Waals surface area contributed by atoms with Crippen molar-refractivity contribution in [3.63, 3.8) is 0 Å². The standard InChI is InChI=1S/C22H30FN3O3/c1-24-11-4-9-22(21(28)25-12-2-3-13-25)10-14-26(15-19(22)24)20(27)16-29-18-7-5-17(23)6-8-18/h5-8,19H,2-4,9-16H2,1H3/t19-,22+/m0/s1. The number of hydrogen-bond acceptors (Lipinski definition) is 4. The van der Waals surface area contributed by atoms with Crippen molar-refractivity contribution in [3.8, 4) is 5.75 Å². The van der Waals surface area contributed by atoms with Gasteiger partial charge in [0.1, 0.15) is 11.6 Å². The van der Waals surface area contributed by atoms with Gasteiger partial charge in [0.15, 0.2) is 6.61 Å². The summed E-state index contributed by atoms with van der Waals surface area (Å²) >= 11 is 0. The van der Waals surface area contributed by atoms with Crippen LogP contribution in [-0.2, 0) is 9.59 Å². The second kappa shape index (κ2) is 8.30. The molecule has 3 heterocycles. The van der Waals surface area contributed by atoms with Gasteiger partial charge in [0.2, 0.25) is 5.91 Å². The molecule has 3 saturated heterocycles. The normalized spacial score (nSPS) is 27.6. The first-order valence-corrected chi connectivity index (χ1v) is 10.7. The molecule has 7 heteroatoms. The third-order valence-corrected chi connectivity index (χ3v) is 6.87. The van der Waals surface area contributed by atoms with E-state index in [1.165, 1.54) is 24.3 Å². The van der Waals surface area contributed by atoms with Gasteiger partial charge in [0.05, 0.1) is 5.41 Å². The van der Waals surface area contributed by atoms with E-state index in [2.05, 4.69) is 11.9 Å². The molecule has 3 fully saturated rings. The Hall–Kier alpha value is -2.15. The molecule has 2 amide bonds. The molecular formula is C22H30FN3O3. The third-order valence-electron chi connectivity index (χ3n) is 6.87. The quantitative estimate of drug-likeness (QED) is 0.773. The van der Waals surface area contributed by atoms with Crippen molar-refractivity contribution in [1.29, 1.82) is 0 Å². The smallest absolute Gasteiger partial charge is 0.260 e. The molecule has 0 aromatic heterocycles. The van der Waals surface area contributed by atoms with Crippen molar-refractivity contribution < 1.29 is 18.7 Å². The summed E-state index contributed by atoms with van der Waals surface area (Å²) in [5.41, 5.74) is -0.369. The molecule has 6 nitrogen and oxygen atoms in total. The van der Waals surface area contributed by atoms with Gasteiger partial charge in [0.25, 0.3) is 5.91 Å². The average Bonchev–Trinajstić information content (AvgIpc) is 3.27. The number of benzene rings is 1. The maximum absolute atomic E-state index is 13.5. The lowest BCUT2D eigenvalue weighted by Crippen LogP contribution is -2.66. The Balaban J connectivity index is 1.43. The number of piperidine rings is 2. The molecule has 1 aromatic carbocycles. The number of carbonyl (C=O) groups excluding carboxylic acids is 2.